The van der Waals surface area contributed by atoms with E-state index in [4.69, 9.17) is 0 Å². The van der Waals surface area contributed by atoms with E-state index in [-0.39, 0.29) is 0 Å². The minimum Gasteiger partial charge on any atom is -0.317 e. The zero-order chi connectivity index (χ0) is 10.6. The molecule has 84 valence electrons. The SMILES string of the molecule is CCNCCCCCCCC(=O)CC. The maximum absolute atomic E-state index is 11.0. The lowest BCUT2D eigenvalue weighted by Crippen LogP contribution is -2.13. The van der Waals surface area contributed by atoms with Gasteiger partial charge in [0.2, 0.25) is 0 Å². The summed E-state index contributed by atoms with van der Waals surface area (Å²) in [6, 6.07) is 0. The second-order valence-corrected chi connectivity index (χ2v) is 3.76. The summed E-state index contributed by atoms with van der Waals surface area (Å²) in [5.41, 5.74) is 0. The van der Waals surface area contributed by atoms with Crippen LogP contribution in [-0.2, 0) is 4.79 Å². The highest BCUT2D eigenvalue weighted by molar-refractivity contribution is 5.77. The second-order valence-electron chi connectivity index (χ2n) is 3.76. The molecule has 0 bridgehead atoms. The summed E-state index contributed by atoms with van der Waals surface area (Å²) < 4.78 is 0. The highest BCUT2D eigenvalue weighted by Crippen LogP contribution is 2.06. The molecular formula is C12H25NO. The van der Waals surface area contributed by atoms with Crippen LogP contribution in [0.1, 0.15) is 58.8 Å². The van der Waals surface area contributed by atoms with Crippen LogP contribution in [-0.4, -0.2) is 18.9 Å². The molecule has 0 aliphatic rings. The monoisotopic (exact) mass is 199 g/mol. The van der Waals surface area contributed by atoms with Gasteiger partial charge in [0.15, 0.2) is 0 Å². The normalized spacial score (nSPS) is 10.4. The van der Waals surface area contributed by atoms with Crippen LogP contribution in [0.15, 0.2) is 0 Å². The van der Waals surface area contributed by atoms with E-state index in [2.05, 4.69) is 12.2 Å². The van der Waals surface area contributed by atoms with Crippen molar-refractivity contribution in [3.63, 3.8) is 0 Å². The molecule has 0 aliphatic heterocycles. The van der Waals surface area contributed by atoms with Crippen LogP contribution in [0.5, 0.6) is 0 Å². The number of carbonyl (C=O) groups is 1. The summed E-state index contributed by atoms with van der Waals surface area (Å²) in [6.07, 6.45) is 7.67. The first-order valence-electron chi connectivity index (χ1n) is 6.03. The second kappa shape index (κ2) is 10.7. The number of unbranched alkanes of at least 4 members (excludes halogenated alkanes) is 4. The Labute approximate surface area is 88.5 Å². The van der Waals surface area contributed by atoms with Crippen molar-refractivity contribution in [1.82, 2.24) is 5.32 Å². The average Bonchev–Trinajstić information content (AvgIpc) is 2.21. The summed E-state index contributed by atoms with van der Waals surface area (Å²) in [7, 11) is 0. The van der Waals surface area contributed by atoms with E-state index in [0.29, 0.717) is 12.2 Å². The molecule has 0 rings (SSSR count). The lowest BCUT2D eigenvalue weighted by Gasteiger charge is -2.01. The first kappa shape index (κ1) is 13.6. The molecule has 0 spiro atoms. The van der Waals surface area contributed by atoms with Crippen molar-refractivity contribution in [2.75, 3.05) is 13.1 Å². The number of carbonyl (C=O) groups excluding carboxylic acids is 1. The van der Waals surface area contributed by atoms with Crippen molar-refractivity contribution in [3.05, 3.63) is 0 Å². The Morgan fingerprint density at radius 2 is 1.64 bits per heavy atom. The molecule has 0 aromatic heterocycles. The summed E-state index contributed by atoms with van der Waals surface area (Å²) in [5.74, 6) is 0.414. The molecule has 0 aliphatic carbocycles. The number of hydrogen-bond acceptors (Lipinski definition) is 2. The van der Waals surface area contributed by atoms with E-state index < -0.39 is 0 Å². The third-order valence-electron chi connectivity index (χ3n) is 2.45. The van der Waals surface area contributed by atoms with Crippen LogP contribution in [0.2, 0.25) is 0 Å². The Hall–Kier alpha value is -0.370. The van der Waals surface area contributed by atoms with Gasteiger partial charge in [-0.3, -0.25) is 4.79 Å². The van der Waals surface area contributed by atoms with Gasteiger partial charge in [0.25, 0.3) is 0 Å². The van der Waals surface area contributed by atoms with Gasteiger partial charge in [0, 0.05) is 12.8 Å². The first-order valence-corrected chi connectivity index (χ1v) is 6.03. The van der Waals surface area contributed by atoms with Gasteiger partial charge < -0.3 is 5.32 Å². The standard InChI is InChI=1S/C12H25NO/c1-3-12(14)10-8-6-5-7-9-11-13-4-2/h13H,3-11H2,1-2H3. The van der Waals surface area contributed by atoms with Gasteiger partial charge >= 0.3 is 0 Å². The Kier molecular flexibility index (Phi) is 10.4. The van der Waals surface area contributed by atoms with E-state index in [9.17, 15) is 4.79 Å². The van der Waals surface area contributed by atoms with Crippen molar-refractivity contribution < 1.29 is 4.79 Å². The molecule has 0 unspecified atom stereocenters. The summed E-state index contributed by atoms with van der Waals surface area (Å²) >= 11 is 0. The number of ketones is 1. The quantitative estimate of drug-likeness (QED) is 0.548. The average molecular weight is 199 g/mol. The molecule has 0 aromatic carbocycles. The van der Waals surface area contributed by atoms with Crippen LogP contribution < -0.4 is 5.32 Å². The van der Waals surface area contributed by atoms with Crippen molar-refractivity contribution in [3.8, 4) is 0 Å². The highest BCUT2D eigenvalue weighted by Gasteiger charge is 1.97. The zero-order valence-electron chi connectivity index (χ0n) is 9.77. The van der Waals surface area contributed by atoms with E-state index in [0.717, 1.165) is 25.9 Å². The number of nitrogens with one attached hydrogen (secondary N) is 1. The third kappa shape index (κ3) is 9.72. The van der Waals surface area contributed by atoms with Crippen molar-refractivity contribution in [2.24, 2.45) is 0 Å². The Morgan fingerprint density at radius 1 is 1.00 bits per heavy atom. The first-order chi connectivity index (χ1) is 6.81. The summed E-state index contributed by atoms with van der Waals surface area (Å²) in [5, 5.41) is 3.31. The predicted molar refractivity (Wildman–Crippen MR) is 61.5 cm³/mol. The zero-order valence-corrected chi connectivity index (χ0v) is 9.77. The van der Waals surface area contributed by atoms with Crippen LogP contribution in [0, 0.1) is 0 Å². The lowest BCUT2D eigenvalue weighted by atomic mass is 10.1. The van der Waals surface area contributed by atoms with Crippen LogP contribution in [0.25, 0.3) is 0 Å². The van der Waals surface area contributed by atoms with Crippen molar-refractivity contribution in [1.29, 1.82) is 0 Å². The molecule has 0 aromatic rings. The molecule has 0 radical (unpaired) electrons. The molecule has 0 atom stereocenters. The smallest absolute Gasteiger partial charge is 0.132 e. The molecule has 14 heavy (non-hydrogen) atoms. The fraction of sp³-hybridized carbons (Fsp3) is 0.917. The van der Waals surface area contributed by atoms with Gasteiger partial charge in [-0.05, 0) is 25.9 Å². The number of hydrogen-bond donors (Lipinski definition) is 1. The number of rotatable bonds is 10. The van der Waals surface area contributed by atoms with Gasteiger partial charge in [-0.15, -0.1) is 0 Å². The van der Waals surface area contributed by atoms with Crippen molar-refractivity contribution in [2.45, 2.75) is 58.8 Å². The van der Waals surface area contributed by atoms with Gasteiger partial charge in [-0.2, -0.15) is 0 Å². The van der Waals surface area contributed by atoms with Crippen LogP contribution >= 0.6 is 0 Å². The molecular weight excluding hydrogens is 174 g/mol. The molecule has 0 saturated heterocycles. The van der Waals surface area contributed by atoms with Crippen molar-refractivity contribution >= 4 is 5.78 Å². The Morgan fingerprint density at radius 3 is 2.29 bits per heavy atom. The minimum atomic E-state index is 0.414. The summed E-state index contributed by atoms with van der Waals surface area (Å²) in [6.45, 7) is 6.30. The molecule has 0 fully saturated rings. The topological polar surface area (TPSA) is 29.1 Å². The van der Waals surface area contributed by atoms with Crippen LogP contribution in [0.4, 0.5) is 0 Å². The maximum atomic E-state index is 11.0. The molecule has 2 nitrogen and oxygen atoms in total. The Bertz CT molecular complexity index is 134. The molecule has 0 amide bonds. The molecule has 0 saturated carbocycles. The van der Waals surface area contributed by atoms with Gasteiger partial charge in [-0.25, -0.2) is 0 Å². The van der Waals surface area contributed by atoms with E-state index in [1.54, 1.807) is 0 Å². The molecule has 2 heteroatoms. The maximum Gasteiger partial charge on any atom is 0.132 e. The van der Waals surface area contributed by atoms with E-state index >= 15 is 0 Å². The lowest BCUT2D eigenvalue weighted by molar-refractivity contribution is -0.118. The van der Waals surface area contributed by atoms with Gasteiger partial charge in [0.1, 0.15) is 5.78 Å². The fourth-order valence-corrected chi connectivity index (χ4v) is 1.46. The van der Waals surface area contributed by atoms with E-state index in [1.807, 2.05) is 6.92 Å². The largest absolute Gasteiger partial charge is 0.317 e. The fourth-order valence-electron chi connectivity index (χ4n) is 1.46. The molecule has 1 N–H and O–H groups in total. The Balaban J connectivity index is 2.95. The summed E-state index contributed by atoms with van der Waals surface area (Å²) in [4.78, 5) is 11.0. The van der Waals surface area contributed by atoms with Gasteiger partial charge in [-0.1, -0.05) is 33.1 Å². The predicted octanol–water partition coefficient (Wildman–Crippen LogP) is 2.92. The van der Waals surface area contributed by atoms with Gasteiger partial charge in [0.05, 0.1) is 0 Å². The molecule has 0 heterocycles. The van der Waals surface area contributed by atoms with E-state index in [1.165, 1.54) is 25.7 Å². The third-order valence-corrected chi connectivity index (χ3v) is 2.45. The number of Topliss-reactive ketones (excluding diaryl/α,β-unsaturated/α-hetero) is 1. The van der Waals surface area contributed by atoms with Crippen LogP contribution in [0.3, 0.4) is 0 Å². The minimum absolute atomic E-state index is 0.414. The highest BCUT2D eigenvalue weighted by atomic mass is 16.1.